The van der Waals surface area contributed by atoms with Gasteiger partial charge < -0.3 is 20.5 Å². The third-order valence-corrected chi connectivity index (χ3v) is 5.12. The summed E-state index contributed by atoms with van der Waals surface area (Å²) in [5, 5.41) is 19.9. The predicted octanol–water partition coefficient (Wildman–Crippen LogP) is 4.49. The van der Waals surface area contributed by atoms with E-state index in [-0.39, 0.29) is 41.7 Å². The van der Waals surface area contributed by atoms with Crippen molar-refractivity contribution >= 4 is 41.3 Å². The molecular weight excluding hydrogens is 537 g/mol. The van der Waals surface area contributed by atoms with E-state index in [0.29, 0.717) is 24.6 Å². The van der Waals surface area contributed by atoms with E-state index < -0.39 is 12.7 Å². The lowest BCUT2D eigenvalue weighted by atomic mass is 9.93. The van der Waals surface area contributed by atoms with Gasteiger partial charge in [0.2, 0.25) is 0 Å². The fourth-order valence-corrected chi connectivity index (χ4v) is 3.58. The topological polar surface area (TPSA) is 78.8 Å². The molecule has 1 aromatic heterocycles. The van der Waals surface area contributed by atoms with Crippen molar-refractivity contribution in [1.82, 2.24) is 15.6 Å². The van der Waals surface area contributed by atoms with E-state index in [1.807, 2.05) is 6.92 Å². The van der Waals surface area contributed by atoms with Crippen LogP contribution in [-0.4, -0.2) is 42.3 Å². The van der Waals surface area contributed by atoms with Gasteiger partial charge in [-0.1, -0.05) is 32.9 Å². The molecule has 2 aromatic rings. The summed E-state index contributed by atoms with van der Waals surface area (Å²) in [6, 6.07) is 5.90. The average Bonchev–Trinajstić information content (AvgIpc) is 3.15. The molecule has 0 aliphatic rings. The van der Waals surface area contributed by atoms with Gasteiger partial charge in [0.15, 0.2) is 5.96 Å². The maximum absolute atomic E-state index is 12.2. The zero-order valence-corrected chi connectivity index (χ0v) is 21.3. The van der Waals surface area contributed by atoms with E-state index in [0.717, 1.165) is 17.1 Å². The number of nitrogens with zero attached hydrogens (tertiary/aromatic N) is 2. The summed E-state index contributed by atoms with van der Waals surface area (Å²) in [6.07, 6.45) is -0.0753. The summed E-state index contributed by atoms with van der Waals surface area (Å²) in [7, 11) is 0. The summed E-state index contributed by atoms with van der Waals surface area (Å²) in [4.78, 5) is 9.10. The molecule has 0 aliphatic carbocycles. The van der Waals surface area contributed by atoms with Gasteiger partial charge in [-0.05, 0) is 24.6 Å². The maximum atomic E-state index is 12.2. The number of nitrogens with one attached hydrogen (secondary N) is 2. The van der Waals surface area contributed by atoms with Crippen molar-refractivity contribution in [2.45, 2.75) is 52.2 Å². The largest absolute Gasteiger partial charge is 0.435 e. The van der Waals surface area contributed by atoms with Crippen molar-refractivity contribution in [3.8, 4) is 5.75 Å². The lowest BCUT2D eigenvalue weighted by molar-refractivity contribution is -0.0498. The molecule has 0 radical (unpaired) electrons. The first-order chi connectivity index (χ1) is 14.2. The Kier molecular flexibility index (Phi) is 11.6. The predicted molar refractivity (Wildman–Crippen MR) is 132 cm³/mol. The van der Waals surface area contributed by atoms with Crippen molar-refractivity contribution in [2.24, 2.45) is 4.99 Å². The zero-order chi connectivity index (χ0) is 22.1. The average molecular weight is 568 g/mol. The van der Waals surface area contributed by atoms with Crippen LogP contribution in [0, 0.1) is 0 Å². The van der Waals surface area contributed by atoms with Gasteiger partial charge in [-0.3, -0.25) is 4.99 Å². The van der Waals surface area contributed by atoms with E-state index in [9.17, 15) is 13.9 Å². The van der Waals surface area contributed by atoms with Gasteiger partial charge in [0, 0.05) is 30.3 Å². The summed E-state index contributed by atoms with van der Waals surface area (Å²) in [6.45, 7) is 7.01. The Morgan fingerprint density at radius 2 is 1.90 bits per heavy atom. The highest BCUT2D eigenvalue weighted by Crippen LogP contribution is 2.24. The van der Waals surface area contributed by atoms with Crippen LogP contribution in [0.2, 0.25) is 0 Å². The lowest BCUT2D eigenvalue weighted by Gasteiger charge is -2.14. The Morgan fingerprint density at radius 3 is 2.45 bits per heavy atom. The number of hydrogen-bond acceptors (Lipinski definition) is 5. The highest BCUT2D eigenvalue weighted by molar-refractivity contribution is 14.0. The molecule has 3 N–H and O–H groups in total. The molecule has 174 valence electrons. The second-order valence-electron chi connectivity index (χ2n) is 7.74. The van der Waals surface area contributed by atoms with Gasteiger partial charge >= 0.3 is 6.61 Å². The van der Waals surface area contributed by atoms with E-state index in [4.69, 9.17) is 0 Å². The van der Waals surface area contributed by atoms with Crippen LogP contribution in [0.3, 0.4) is 0 Å². The molecular formula is C21H31F2IN4O2S. The number of aliphatic hydroxyl groups excluding tert-OH is 1. The highest BCUT2D eigenvalue weighted by atomic mass is 127. The minimum Gasteiger partial charge on any atom is -0.435 e. The van der Waals surface area contributed by atoms with Crippen molar-refractivity contribution in [3.05, 3.63) is 45.9 Å². The first kappa shape index (κ1) is 27.5. The number of alkyl halides is 2. The SMILES string of the molecule is CCNC(=NCC(O)c1ccc(OC(F)F)cc1)NCCc1nc(C(C)(C)C)cs1.I. The minimum atomic E-state index is -2.87. The fourth-order valence-electron chi connectivity index (χ4n) is 2.55. The molecule has 0 amide bonds. The summed E-state index contributed by atoms with van der Waals surface area (Å²) in [5.41, 5.74) is 1.71. The number of thiazole rings is 1. The molecule has 0 aliphatic heterocycles. The summed E-state index contributed by atoms with van der Waals surface area (Å²) in [5.74, 6) is 0.651. The normalized spacial score (nSPS) is 13.0. The van der Waals surface area contributed by atoms with Crippen LogP contribution < -0.4 is 15.4 Å². The van der Waals surface area contributed by atoms with Gasteiger partial charge in [-0.25, -0.2) is 4.98 Å². The Bertz CT molecular complexity index is 810. The molecule has 0 saturated carbocycles. The standard InChI is InChI=1S/C21H30F2N4O2S.HI/c1-5-24-20(25-11-10-18-27-17(13-30-18)21(2,3)4)26-12-16(28)14-6-8-15(9-7-14)29-19(22)23;/h6-9,13,16,19,28H,5,10-12H2,1-4H3,(H2,24,25,26);1H. The number of aliphatic imine (C=N–C) groups is 1. The van der Waals surface area contributed by atoms with Crippen LogP contribution in [0.5, 0.6) is 5.75 Å². The van der Waals surface area contributed by atoms with Gasteiger partial charge in [0.1, 0.15) is 5.75 Å². The van der Waals surface area contributed by atoms with Crippen LogP contribution >= 0.6 is 35.3 Å². The minimum absolute atomic E-state index is 0. The Balaban J connectivity index is 0.00000480. The molecule has 6 nitrogen and oxygen atoms in total. The molecule has 0 spiro atoms. The number of aliphatic hydroxyl groups is 1. The quantitative estimate of drug-likeness (QED) is 0.236. The third-order valence-electron chi connectivity index (χ3n) is 4.21. The smallest absolute Gasteiger partial charge is 0.387 e. The van der Waals surface area contributed by atoms with E-state index >= 15 is 0 Å². The molecule has 0 saturated heterocycles. The third kappa shape index (κ3) is 9.65. The van der Waals surface area contributed by atoms with E-state index in [2.05, 4.69) is 51.5 Å². The molecule has 10 heteroatoms. The first-order valence-corrected chi connectivity index (χ1v) is 10.8. The Morgan fingerprint density at radius 1 is 1.23 bits per heavy atom. The second-order valence-corrected chi connectivity index (χ2v) is 8.68. The van der Waals surface area contributed by atoms with Crippen molar-refractivity contribution < 1.29 is 18.6 Å². The number of rotatable bonds is 9. The molecule has 1 atom stereocenters. The van der Waals surface area contributed by atoms with Crippen LogP contribution in [-0.2, 0) is 11.8 Å². The van der Waals surface area contributed by atoms with Gasteiger partial charge in [0.05, 0.1) is 23.4 Å². The van der Waals surface area contributed by atoms with E-state index in [1.54, 1.807) is 23.5 Å². The Hall–Kier alpha value is -1.53. The number of hydrogen-bond donors (Lipinski definition) is 3. The van der Waals surface area contributed by atoms with Crippen molar-refractivity contribution in [1.29, 1.82) is 0 Å². The lowest BCUT2D eigenvalue weighted by Crippen LogP contribution is -2.38. The van der Waals surface area contributed by atoms with Gasteiger partial charge in [-0.15, -0.1) is 35.3 Å². The number of aromatic nitrogens is 1. The van der Waals surface area contributed by atoms with Gasteiger partial charge in [0.25, 0.3) is 0 Å². The summed E-state index contributed by atoms with van der Waals surface area (Å²) >= 11 is 1.65. The number of ether oxygens (including phenoxy) is 1. The monoisotopic (exact) mass is 568 g/mol. The zero-order valence-electron chi connectivity index (χ0n) is 18.2. The van der Waals surface area contributed by atoms with Crippen LogP contribution in [0.25, 0.3) is 0 Å². The number of benzene rings is 1. The van der Waals surface area contributed by atoms with Crippen molar-refractivity contribution in [3.63, 3.8) is 0 Å². The molecule has 0 fully saturated rings. The van der Waals surface area contributed by atoms with Crippen molar-refractivity contribution in [2.75, 3.05) is 19.6 Å². The number of halogens is 3. The molecule has 1 unspecified atom stereocenters. The molecule has 1 aromatic carbocycles. The second kappa shape index (κ2) is 13.1. The highest BCUT2D eigenvalue weighted by Gasteiger charge is 2.17. The first-order valence-electron chi connectivity index (χ1n) is 9.89. The molecule has 2 rings (SSSR count). The molecule has 31 heavy (non-hydrogen) atoms. The maximum Gasteiger partial charge on any atom is 0.387 e. The molecule has 1 heterocycles. The fraction of sp³-hybridized carbons (Fsp3) is 0.524. The van der Waals surface area contributed by atoms with E-state index in [1.165, 1.54) is 12.1 Å². The van der Waals surface area contributed by atoms with Crippen LogP contribution in [0.4, 0.5) is 8.78 Å². The van der Waals surface area contributed by atoms with Crippen LogP contribution in [0.1, 0.15) is 50.1 Å². The van der Waals surface area contributed by atoms with Gasteiger partial charge in [-0.2, -0.15) is 8.78 Å². The summed E-state index contributed by atoms with van der Waals surface area (Å²) < 4.78 is 28.8. The molecule has 0 bridgehead atoms. The Labute approximate surface area is 203 Å². The number of guanidine groups is 1. The van der Waals surface area contributed by atoms with Crippen LogP contribution in [0.15, 0.2) is 34.6 Å².